The van der Waals surface area contributed by atoms with Crippen LogP contribution >= 0.6 is 0 Å². The van der Waals surface area contributed by atoms with Gasteiger partial charge in [0.2, 0.25) is 5.95 Å². The molecule has 0 fully saturated rings. The summed E-state index contributed by atoms with van der Waals surface area (Å²) >= 11 is 0. The van der Waals surface area contributed by atoms with Crippen LogP contribution in [0.2, 0.25) is 0 Å². The molecule has 2 heterocycles. The molecule has 1 unspecified atom stereocenters. The van der Waals surface area contributed by atoms with Crippen LogP contribution in [0, 0.1) is 20.8 Å². The molecule has 1 aromatic heterocycles. The lowest BCUT2D eigenvalue weighted by Crippen LogP contribution is -2.20. The van der Waals surface area contributed by atoms with E-state index in [1.165, 1.54) is 27.8 Å². The van der Waals surface area contributed by atoms with Crippen molar-refractivity contribution in [3.63, 3.8) is 0 Å². The van der Waals surface area contributed by atoms with Gasteiger partial charge in [0.05, 0.1) is 0 Å². The number of anilines is 1. The summed E-state index contributed by atoms with van der Waals surface area (Å²) in [5, 5.41) is 7.80. The monoisotopic (exact) mass is 316 g/mol. The fraction of sp³-hybridized carbons (Fsp3) is 0.200. The van der Waals surface area contributed by atoms with Gasteiger partial charge in [-0.3, -0.25) is 0 Å². The van der Waals surface area contributed by atoms with E-state index < -0.39 is 0 Å². The molecule has 2 aromatic carbocycles. The van der Waals surface area contributed by atoms with E-state index in [1.54, 1.807) is 6.33 Å². The highest BCUT2D eigenvalue weighted by atomic mass is 15.4. The summed E-state index contributed by atoms with van der Waals surface area (Å²) < 4.78 is 1.93. The first-order chi connectivity index (χ1) is 11.6. The fourth-order valence-corrected chi connectivity index (χ4v) is 3.01. The fourth-order valence-electron chi connectivity index (χ4n) is 3.01. The minimum absolute atomic E-state index is 0.0426. The van der Waals surface area contributed by atoms with E-state index in [0.717, 1.165) is 11.6 Å². The van der Waals surface area contributed by atoms with Crippen molar-refractivity contribution in [1.29, 1.82) is 0 Å². The number of allylic oxidation sites excluding steroid dienone is 1. The predicted molar refractivity (Wildman–Crippen MR) is 96.9 cm³/mol. The number of nitrogens with zero attached hydrogens (tertiary/aromatic N) is 3. The smallest absolute Gasteiger partial charge is 0.226 e. The molecule has 24 heavy (non-hydrogen) atoms. The van der Waals surface area contributed by atoms with Crippen molar-refractivity contribution in [2.45, 2.75) is 26.8 Å². The first kappa shape index (κ1) is 14.7. The van der Waals surface area contributed by atoms with E-state index in [2.05, 4.69) is 84.7 Å². The molecule has 3 aromatic rings. The number of hydrogen-bond donors (Lipinski definition) is 1. The van der Waals surface area contributed by atoms with Crippen molar-refractivity contribution < 1.29 is 0 Å². The zero-order valence-electron chi connectivity index (χ0n) is 14.1. The summed E-state index contributed by atoms with van der Waals surface area (Å²) in [7, 11) is 0. The zero-order valence-corrected chi connectivity index (χ0v) is 14.1. The Bertz CT molecular complexity index is 919. The average molecular weight is 316 g/mol. The van der Waals surface area contributed by atoms with Crippen molar-refractivity contribution in [2.75, 3.05) is 5.32 Å². The standard InChI is InChI=1S/C20H20N4/c1-13-4-7-16(8-5-13)19-11-18(23-20-21-12-22-24(19)20)17-9-6-14(2)15(3)10-17/h4-12,19H,1-3H3,(H,21,22,23). The van der Waals surface area contributed by atoms with Gasteiger partial charge in [-0.2, -0.15) is 10.1 Å². The van der Waals surface area contributed by atoms with Gasteiger partial charge in [-0.15, -0.1) is 0 Å². The molecule has 0 saturated heterocycles. The topological polar surface area (TPSA) is 42.7 Å². The molecule has 0 amide bonds. The van der Waals surface area contributed by atoms with Gasteiger partial charge in [0.25, 0.3) is 0 Å². The van der Waals surface area contributed by atoms with Gasteiger partial charge >= 0.3 is 0 Å². The molecule has 4 nitrogen and oxygen atoms in total. The van der Waals surface area contributed by atoms with E-state index in [1.807, 2.05) is 4.68 Å². The molecule has 0 radical (unpaired) electrons. The quantitative estimate of drug-likeness (QED) is 0.768. The van der Waals surface area contributed by atoms with Gasteiger partial charge in [-0.25, -0.2) is 4.68 Å². The summed E-state index contributed by atoms with van der Waals surface area (Å²) in [5.74, 6) is 0.774. The highest BCUT2D eigenvalue weighted by Crippen LogP contribution is 2.32. The number of nitrogens with one attached hydrogen (secondary N) is 1. The Hall–Kier alpha value is -2.88. The first-order valence-electron chi connectivity index (χ1n) is 8.14. The molecule has 1 N–H and O–H groups in total. The maximum absolute atomic E-state index is 4.40. The zero-order chi connectivity index (χ0) is 16.7. The summed E-state index contributed by atoms with van der Waals surface area (Å²) in [6, 6.07) is 15.2. The molecule has 0 saturated carbocycles. The SMILES string of the molecule is Cc1ccc(C2C=C(c3ccc(C)c(C)c3)Nc3ncnn32)cc1. The van der Waals surface area contributed by atoms with Crippen LogP contribution < -0.4 is 5.32 Å². The van der Waals surface area contributed by atoms with Crippen LogP contribution in [0.3, 0.4) is 0 Å². The second kappa shape index (κ2) is 5.64. The Morgan fingerprint density at radius 1 is 0.958 bits per heavy atom. The van der Waals surface area contributed by atoms with Crippen LogP contribution in [0.1, 0.15) is 33.9 Å². The van der Waals surface area contributed by atoms with Crippen LogP contribution in [-0.4, -0.2) is 14.8 Å². The largest absolute Gasteiger partial charge is 0.324 e. The van der Waals surface area contributed by atoms with Crippen molar-refractivity contribution in [3.8, 4) is 0 Å². The van der Waals surface area contributed by atoms with Gasteiger partial charge in [-0.05, 0) is 55.2 Å². The van der Waals surface area contributed by atoms with Gasteiger partial charge in [0, 0.05) is 5.70 Å². The van der Waals surface area contributed by atoms with E-state index in [4.69, 9.17) is 0 Å². The number of rotatable bonds is 2. The Morgan fingerprint density at radius 3 is 2.50 bits per heavy atom. The van der Waals surface area contributed by atoms with E-state index in [0.29, 0.717) is 0 Å². The van der Waals surface area contributed by atoms with Gasteiger partial charge < -0.3 is 5.32 Å². The van der Waals surface area contributed by atoms with Gasteiger partial charge in [-0.1, -0.05) is 42.0 Å². The highest BCUT2D eigenvalue weighted by Gasteiger charge is 2.23. The molecule has 0 bridgehead atoms. The number of benzene rings is 2. The van der Waals surface area contributed by atoms with Crippen LogP contribution in [0.5, 0.6) is 0 Å². The summed E-state index contributed by atoms with van der Waals surface area (Å²) in [6.45, 7) is 6.37. The lowest BCUT2D eigenvalue weighted by atomic mass is 9.99. The molecule has 0 spiro atoms. The Balaban J connectivity index is 1.81. The summed E-state index contributed by atoms with van der Waals surface area (Å²) in [5.41, 5.74) is 7.29. The molecular weight excluding hydrogens is 296 g/mol. The molecule has 1 atom stereocenters. The van der Waals surface area contributed by atoms with E-state index >= 15 is 0 Å². The van der Waals surface area contributed by atoms with E-state index in [-0.39, 0.29) is 6.04 Å². The molecule has 120 valence electrons. The number of aromatic nitrogens is 3. The molecular formula is C20H20N4. The third-order valence-electron chi connectivity index (χ3n) is 4.64. The minimum atomic E-state index is 0.0426. The van der Waals surface area contributed by atoms with Crippen LogP contribution in [0.4, 0.5) is 5.95 Å². The van der Waals surface area contributed by atoms with Crippen molar-refractivity contribution in [2.24, 2.45) is 0 Å². The lowest BCUT2D eigenvalue weighted by molar-refractivity contribution is 0.612. The van der Waals surface area contributed by atoms with Crippen LogP contribution in [0.15, 0.2) is 54.9 Å². The first-order valence-corrected chi connectivity index (χ1v) is 8.14. The summed E-state index contributed by atoms with van der Waals surface area (Å²) in [4.78, 5) is 4.37. The maximum Gasteiger partial charge on any atom is 0.226 e. The molecule has 0 aliphatic carbocycles. The van der Waals surface area contributed by atoms with Crippen LogP contribution in [0.25, 0.3) is 5.70 Å². The van der Waals surface area contributed by atoms with Crippen molar-refractivity contribution in [3.05, 3.63) is 82.7 Å². The molecule has 4 heteroatoms. The second-order valence-corrected chi connectivity index (χ2v) is 6.39. The third-order valence-corrected chi connectivity index (χ3v) is 4.64. The lowest BCUT2D eigenvalue weighted by Gasteiger charge is -2.24. The Labute approximate surface area is 141 Å². The second-order valence-electron chi connectivity index (χ2n) is 6.39. The van der Waals surface area contributed by atoms with Crippen molar-refractivity contribution >= 4 is 11.6 Å². The van der Waals surface area contributed by atoms with Crippen LogP contribution in [-0.2, 0) is 0 Å². The molecule has 1 aliphatic heterocycles. The van der Waals surface area contributed by atoms with Gasteiger partial charge in [0.1, 0.15) is 12.4 Å². The molecule has 4 rings (SSSR count). The van der Waals surface area contributed by atoms with Gasteiger partial charge in [0.15, 0.2) is 0 Å². The third kappa shape index (κ3) is 2.50. The van der Waals surface area contributed by atoms with E-state index in [9.17, 15) is 0 Å². The average Bonchev–Trinajstić information content (AvgIpc) is 3.06. The predicted octanol–water partition coefficient (Wildman–Crippen LogP) is 4.26. The Morgan fingerprint density at radius 2 is 1.75 bits per heavy atom. The minimum Gasteiger partial charge on any atom is -0.324 e. The normalized spacial score (nSPS) is 16.3. The maximum atomic E-state index is 4.40. The summed E-state index contributed by atoms with van der Waals surface area (Å²) in [6.07, 6.45) is 3.82. The Kier molecular flexibility index (Phi) is 3.45. The van der Waals surface area contributed by atoms with Crippen molar-refractivity contribution in [1.82, 2.24) is 14.8 Å². The number of fused-ring (bicyclic) bond motifs is 1. The molecule has 1 aliphatic rings. The number of aryl methyl sites for hydroxylation is 3. The highest BCUT2D eigenvalue weighted by molar-refractivity contribution is 5.77. The number of hydrogen-bond acceptors (Lipinski definition) is 3.